The molecule has 0 saturated heterocycles. The lowest BCUT2D eigenvalue weighted by Gasteiger charge is -2.10. The van der Waals surface area contributed by atoms with Gasteiger partial charge in [0.15, 0.2) is 0 Å². The number of benzene rings is 1. The molecule has 1 N–H and O–H groups in total. The zero-order valence-corrected chi connectivity index (χ0v) is 10.4. The minimum absolute atomic E-state index is 0.0238. The van der Waals surface area contributed by atoms with Crippen LogP contribution < -0.4 is 5.32 Å². The summed E-state index contributed by atoms with van der Waals surface area (Å²) < 4.78 is 36.3. The lowest BCUT2D eigenvalue weighted by Crippen LogP contribution is -2.11. The Kier molecular flexibility index (Phi) is 4.82. The van der Waals surface area contributed by atoms with E-state index in [1.807, 2.05) is 6.07 Å². The van der Waals surface area contributed by atoms with Crippen LogP contribution in [0.5, 0.6) is 0 Å². The summed E-state index contributed by atoms with van der Waals surface area (Å²) in [5.41, 5.74) is 1.18. The number of nitriles is 1. The molecule has 0 heterocycles. The molecule has 1 aromatic carbocycles. The zero-order chi connectivity index (χ0) is 12.9. The highest BCUT2D eigenvalue weighted by Crippen LogP contribution is 2.24. The van der Waals surface area contributed by atoms with Gasteiger partial charge in [0.1, 0.15) is 0 Å². The summed E-state index contributed by atoms with van der Waals surface area (Å²) >= 11 is 3.24. The maximum absolute atomic E-state index is 11.9. The van der Waals surface area contributed by atoms with E-state index >= 15 is 0 Å². The van der Waals surface area contributed by atoms with Crippen molar-refractivity contribution in [1.29, 1.82) is 5.26 Å². The molecule has 0 fully saturated rings. The Balaban J connectivity index is 2.45. The molecular formula is C11H10BrF3N2. The molecule has 0 spiro atoms. The average Bonchev–Trinajstić information content (AvgIpc) is 2.24. The Bertz CT molecular complexity index is 424. The molecule has 0 bridgehead atoms. The van der Waals surface area contributed by atoms with Crippen LogP contribution in [-0.4, -0.2) is 12.7 Å². The van der Waals surface area contributed by atoms with Crippen LogP contribution in [0.2, 0.25) is 0 Å². The van der Waals surface area contributed by atoms with Gasteiger partial charge < -0.3 is 5.32 Å². The molecule has 0 aliphatic carbocycles. The second-order valence-electron chi connectivity index (χ2n) is 3.45. The summed E-state index contributed by atoms with van der Waals surface area (Å²) in [7, 11) is 0. The average molecular weight is 307 g/mol. The van der Waals surface area contributed by atoms with E-state index in [0.29, 0.717) is 15.7 Å². The summed E-state index contributed by atoms with van der Waals surface area (Å²) in [6, 6.07) is 6.86. The van der Waals surface area contributed by atoms with E-state index in [9.17, 15) is 13.2 Å². The summed E-state index contributed by atoms with van der Waals surface area (Å²) in [4.78, 5) is 0. The maximum Gasteiger partial charge on any atom is 0.389 e. The van der Waals surface area contributed by atoms with E-state index in [1.165, 1.54) is 0 Å². The van der Waals surface area contributed by atoms with Crippen molar-refractivity contribution in [2.45, 2.75) is 19.0 Å². The fraction of sp³-hybridized carbons (Fsp3) is 0.364. The van der Waals surface area contributed by atoms with Crippen LogP contribution in [-0.2, 0) is 0 Å². The van der Waals surface area contributed by atoms with Crippen LogP contribution in [0.3, 0.4) is 0 Å². The van der Waals surface area contributed by atoms with Crippen molar-refractivity contribution in [3.8, 4) is 6.07 Å². The molecule has 1 aromatic rings. The third-order valence-electron chi connectivity index (χ3n) is 2.05. The molecule has 0 radical (unpaired) electrons. The predicted octanol–water partition coefficient (Wildman–Crippen LogP) is 4.08. The monoisotopic (exact) mass is 306 g/mol. The van der Waals surface area contributed by atoms with Crippen LogP contribution in [0.1, 0.15) is 18.4 Å². The lowest BCUT2D eigenvalue weighted by atomic mass is 10.2. The SMILES string of the molecule is N#Cc1ccc(NCCCC(F)(F)F)c(Br)c1. The number of nitrogens with one attached hydrogen (secondary N) is 1. The highest BCUT2D eigenvalue weighted by Gasteiger charge is 2.25. The maximum atomic E-state index is 11.9. The van der Waals surface area contributed by atoms with E-state index in [1.54, 1.807) is 18.2 Å². The van der Waals surface area contributed by atoms with Crippen molar-refractivity contribution in [2.24, 2.45) is 0 Å². The number of hydrogen-bond acceptors (Lipinski definition) is 2. The first-order valence-electron chi connectivity index (χ1n) is 4.92. The van der Waals surface area contributed by atoms with Crippen molar-refractivity contribution < 1.29 is 13.2 Å². The number of anilines is 1. The Morgan fingerprint density at radius 2 is 2.06 bits per heavy atom. The quantitative estimate of drug-likeness (QED) is 0.851. The Hall–Kier alpha value is -1.22. The van der Waals surface area contributed by atoms with Gasteiger partial charge in [0, 0.05) is 23.1 Å². The molecule has 0 unspecified atom stereocenters. The van der Waals surface area contributed by atoms with E-state index in [-0.39, 0.29) is 13.0 Å². The molecular weight excluding hydrogens is 297 g/mol. The van der Waals surface area contributed by atoms with Gasteiger partial charge in [0.05, 0.1) is 11.6 Å². The van der Waals surface area contributed by atoms with Crippen LogP contribution in [0.15, 0.2) is 22.7 Å². The summed E-state index contributed by atoms with van der Waals surface area (Å²) in [6.07, 6.45) is -4.88. The topological polar surface area (TPSA) is 35.8 Å². The Labute approximate surface area is 106 Å². The number of halogens is 4. The van der Waals surface area contributed by atoms with Crippen molar-refractivity contribution in [1.82, 2.24) is 0 Å². The van der Waals surface area contributed by atoms with E-state index in [4.69, 9.17) is 5.26 Å². The molecule has 17 heavy (non-hydrogen) atoms. The Morgan fingerprint density at radius 3 is 2.59 bits per heavy atom. The Morgan fingerprint density at radius 1 is 1.35 bits per heavy atom. The molecule has 0 aromatic heterocycles. The van der Waals surface area contributed by atoms with Gasteiger partial charge in [-0.15, -0.1) is 0 Å². The molecule has 6 heteroatoms. The molecule has 0 amide bonds. The summed E-state index contributed by atoms with van der Waals surface area (Å²) in [5.74, 6) is 0. The highest BCUT2D eigenvalue weighted by atomic mass is 79.9. The lowest BCUT2D eigenvalue weighted by molar-refractivity contribution is -0.134. The number of hydrogen-bond donors (Lipinski definition) is 1. The number of alkyl halides is 3. The van der Waals surface area contributed by atoms with Gasteiger partial charge in [-0.25, -0.2) is 0 Å². The van der Waals surface area contributed by atoms with Crippen molar-refractivity contribution >= 4 is 21.6 Å². The normalized spacial score (nSPS) is 11.0. The van der Waals surface area contributed by atoms with Crippen LogP contribution in [0.4, 0.5) is 18.9 Å². The molecule has 0 aliphatic heterocycles. The molecule has 1 rings (SSSR count). The van der Waals surface area contributed by atoms with Crippen molar-refractivity contribution in [3.63, 3.8) is 0 Å². The predicted molar refractivity (Wildman–Crippen MR) is 62.6 cm³/mol. The van der Waals surface area contributed by atoms with Crippen molar-refractivity contribution in [3.05, 3.63) is 28.2 Å². The van der Waals surface area contributed by atoms with E-state index in [0.717, 1.165) is 0 Å². The summed E-state index contributed by atoms with van der Waals surface area (Å²) in [5, 5.41) is 11.5. The van der Waals surface area contributed by atoms with Crippen LogP contribution in [0, 0.1) is 11.3 Å². The third kappa shape index (κ3) is 5.09. The molecule has 0 aliphatic rings. The summed E-state index contributed by atoms with van der Waals surface area (Å²) in [6.45, 7) is 0.240. The first-order chi connectivity index (χ1) is 7.92. The second kappa shape index (κ2) is 5.92. The first kappa shape index (κ1) is 13.8. The van der Waals surface area contributed by atoms with Gasteiger partial charge in [-0.05, 0) is 40.5 Å². The van der Waals surface area contributed by atoms with Gasteiger partial charge in [0.25, 0.3) is 0 Å². The van der Waals surface area contributed by atoms with Gasteiger partial charge in [-0.1, -0.05) is 0 Å². The molecule has 0 saturated carbocycles. The van der Waals surface area contributed by atoms with E-state index < -0.39 is 12.6 Å². The molecule has 0 atom stereocenters. The number of nitrogens with zero attached hydrogens (tertiary/aromatic N) is 1. The largest absolute Gasteiger partial charge is 0.389 e. The zero-order valence-electron chi connectivity index (χ0n) is 8.81. The number of rotatable bonds is 4. The smallest absolute Gasteiger partial charge is 0.384 e. The molecule has 92 valence electrons. The highest BCUT2D eigenvalue weighted by molar-refractivity contribution is 9.10. The van der Waals surface area contributed by atoms with Gasteiger partial charge in [-0.2, -0.15) is 18.4 Å². The fourth-order valence-corrected chi connectivity index (χ4v) is 1.76. The van der Waals surface area contributed by atoms with Crippen LogP contribution in [0.25, 0.3) is 0 Å². The standard InChI is InChI=1S/C11H10BrF3N2/c12-9-6-8(7-16)2-3-10(9)17-5-1-4-11(13,14)15/h2-3,6,17H,1,4-5H2. The minimum atomic E-state index is -4.11. The van der Waals surface area contributed by atoms with E-state index in [2.05, 4.69) is 21.2 Å². The fourth-order valence-electron chi connectivity index (χ4n) is 1.24. The van der Waals surface area contributed by atoms with Gasteiger partial charge in [0.2, 0.25) is 0 Å². The van der Waals surface area contributed by atoms with Crippen molar-refractivity contribution in [2.75, 3.05) is 11.9 Å². The molecule has 2 nitrogen and oxygen atoms in total. The van der Waals surface area contributed by atoms with Gasteiger partial charge >= 0.3 is 6.18 Å². The first-order valence-corrected chi connectivity index (χ1v) is 5.72. The van der Waals surface area contributed by atoms with Crippen LogP contribution >= 0.6 is 15.9 Å². The van der Waals surface area contributed by atoms with Gasteiger partial charge in [-0.3, -0.25) is 0 Å². The minimum Gasteiger partial charge on any atom is -0.384 e. The second-order valence-corrected chi connectivity index (χ2v) is 4.31. The third-order valence-corrected chi connectivity index (χ3v) is 2.71.